The molecule has 1 spiro atoms. The second kappa shape index (κ2) is 8.21. The highest BCUT2D eigenvalue weighted by atomic mass is 16.5. The minimum atomic E-state index is -0.354. The maximum atomic E-state index is 12.7. The Labute approximate surface area is 173 Å². The van der Waals surface area contributed by atoms with Crippen molar-refractivity contribution < 1.29 is 14.3 Å². The molecular formula is C24H32N2O3. The van der Waals surface area contributed by atoms with Gasteiger partial charge in [0.05, 0.1) is 6.54 Å². The summed E-state index contributed by atoms with van der Waals surface area (Å²) in [5, 5.41) is 0. The number of hydrogen-bond donors (Lipinski definition) is 0. The monoisotopic (exact) mass is 396 g/mol. The van der Waals surface area contributed by atoms with Crippen molar-refractivity contribution in [3.8, 4) is 5.75 Å². The van der Waals surface area contributed by atoms with Gasteiger partial charge in [0.15, 0.2) is 0 Å². The lowest BCUT2D eigenvalue weighted by Crippen LogP contribution is -2.52. The van der Waals surface area contributed by atoms with E-state index in [4.69, 9.17) is 4.74 Å². The van der Waals surface area contributed by atoms with Gasteiger partial charge in [-0.2, -0.15) is 0 Å². The quantitative estimate of drug-likeness (QED) is 0.728. The Hall–Kier alpha value is -2.30. The van der Waals surface area contributed by atoms with E-state index in [1.807, 2.05) is 41.1 Å². The van der Waals surface area contributed by atoms with E-state index in [0.29, 0.717) is 25.4 Å². The van der Waals surface area contributed by atoms with Crippen molar-refractivity contribution in [2.75, 3.05) is 13.6 Å². The number of carbonyl (C=O) groups is 2. The number of carbonyl (C=O) groups excluding carboxylic acids is 2. The predicted molar refractivity (Wildman–Crippen MR) is 112 cm³/mol. The van der Waals surface area contributed by atoms with Crippen LogP contribution in [0.15, 0.2) is 36.4 Å². The van der Waals surface area contributed by atoms with Gasteiger partial charge in [-0.15, -0.1) is 0 Å². The van der Waals surface area contributed by atoms with Crippen LogP contribution in [0.25, 0.3) is 0 Å². The number of amides is 2. The van der Waals surface area contributed by atoms with E-state index in [0.717, 1.165) is 49.8 Å². The van der Waals surface area contributed by atoms with Gasteiger partial charge in [0.25, 0.3) is 0 Å². The van der Waals surface area contributed by atoms with Crippen LogP contribution in [0.3, 0.4) is 0 Å². The first-order chi connectivity index (χ1) is 14.0. The van der Waals surface area contributed by atoms with Gasteiger partial charge in [-0.3, -0.25) is 9.59 Å². The van der Waals surface area contributed by atoms with Gasteiger partial charge in [-0.1, -0.05) is 30.4 Å². The van der Waals surface area contributed by atoms with Crippen molar-refractivity contribution in [2.24, 2.45) is 5.92 Å². The lowest BCUT2D eigenvalue weighted by Gasteiger charge is -2.43. The second-order valence-corrected chi connectivity index (χ2v) is 8.97. The number of rotatable bonds is 3. The molecule has 1 aromatic carbocycles. The summed E-state index contributed by atoms with van der Waals surface area (Å²) in [7, 11) is 1.95. The molecule has 1 saturated carbocycles. The molecule has 29 heavy (non-hydrogen) atoms. The summed E-state index contributed by atoms with van der Waals surface area (Å²) in [6.07, 6.45) is 10.7. The number of benzene rings is 1. The molecular weight excluding hydrogens is 364 g/mol. The highest BCUT2D eigenvalue weighted by molar-refractivity contribution is 5.77. The minimum Gasteiger partial charge on any atom is -0.485 e. The van der Waals surface area contributed by atoms with Crippen LogP contribution in [0.4, 0.5) is 0 Å². The standard InChI is InChI=1S/C24H32N2O3/c1-18(27)26-16-20-9-5-6-10-22(20)29-24(17-26)13-11-21(12-14-24)25(2)23(28)15-19-7-3-4-8-19/h3,5-7,9-10,19,21H,4,8,11-17H2,1-2H3/t19-,21?,24?/m1/s1. The molecule has 0 unspecified atom stereocenters. The van der Waals surface area contributed by atoms with Gasteiger partial charge in [-0.25, -0.2) is 0 Å². The number of ether oxygens (including phenoxy) is 1. The van der Waals surface area contributed by atoms with Gasteiger partial charge in [0, 0.05) is 38.5 Å². The average Bonchev–Trinajstić information content (AvgIpc) is 3.15. The molecule has 0 saturated heterocycles. The number of hydrogen-bond acceptors (Lipinski definition) is 3. The Balaban J connectivity index is 1.43. The Morgan fingerprint density at radius 1 is 1.21 bits per heavy atom. The highest BCUT2D eigenvalue weighted by Crippen LogP contribution is 2.39. The van der Waals surface area contributed by atoms with Crippen LogP contribution in [0.2, 0.25) is 0 Å². The Kier molecular flexibility index (Phi) is 5.66. The van der Waals surface area contributed by atoms with Crippen LogP contribution in [0, 0.1) is 5.92 Å². The van der Waals surface area contributed by atoms with Crippen LogP contribution < -0.4 is 4.74 Å². The summed E-state index contributed by atoms with van der Waals surface area (Å²) >= 11 is 0. The minimum absolute atomic E-state index is 0.0868. The van der Waals surface area contributed by atoms with Gasteiger partial charge in [0.2, 0.25) is 11.8 Å². The topological polar surface area (TPSA) is 49.9 Å². The van der Waals surface area contributed by atoms with E-state index in [2.05, 4.69) is 12.2 Å². The molecule has 5 nitrogen and oxygen atoms in total. The Morgan fingerprint density at radius 2 is 1.97 bits per heavy atom. The SMILES string of the molecule is CC(=O)N1Cc2ccccc2OC2(CCC(N(C)C(=O)C[C@@H]3C=CCC3)CC2)C1. The van der Waals surface area contributed by atoms with E-state index >= 15 is 0 Å². The molecule has 1 fully saturated rings. The molecule has 2 amide bonds. The summed E-state index contributed by atoms with van der Waals surface area (Å²) in [4.78, 5) is 28.8. The maximum absolute atomic E-state index is 12.7. The maximum Gasteiger partial charge on any atom is 0.223 e. The Bertz CT molecular complexity index is 795. The smallest absolute Gasteiger partial charge is 0.223 e. The van der Waals surface area contributed by atoms with E-state index in [9.17, 15) is 9.59 Å². The number of fused-ring (bicyclic) bond motifs is 1. The first kappa shape index (κ1) is 20.0. The van der Waals surface area contributed by atoms with Crippen molar-refractivity contribution in [3.63, 3.8) is 0 Å². The number of nitrogens with zero attached hydrogens (tertiary/aromatic N) is 2. The summed E-state index contributed by atoms with van der Waals surface area (Å²) < 4.78 is 6.56. The fourth-order valence-corrected chi connectivity index (χ4v) is 5.04. The lowest BCUT2D eigenvalue weighted by atomic mass is 9.80. The van der Waals surface area contributed by atoms with Crippen LogP contribution in [0.1, 0.15) is 57.4 Å². The number of para-hydroxylation sites is 1. The zero-order valence-corrected chi connectivity index (χ0v) is 17.6. The molecule has 5 heteroatoms. The fourth-order valence-electron chi connectivity index (χ4n) is 5.04. The molecule has 1 heterocycles. The largest absolute Gasteiger partial charge is 0.485 e. The molecule has 0 aromatic heterocycles. The number of allylic oxidation sites excluding steroid dienone is 2. The first-order valence-corrected chi connectivity index (χ1v) is 10.9. The van der Waals surface area contributed by atoms with Gasteiger partial charge >= 0.3 is 0 Å². The van der Waals surface area contributed by atoms with E-state index in [1.165, 1.54) is 0 Å². The van der Waals surface area contributed by atoms with E-state index < -0.39 is 0 Å². The molecule has 0 bridgehead atoms. The zero-order chi connectivity index (χ0) is 20.4. The molecule has 1 atom stereocenters. The van der Waals surface area contributed by atoms with Crippen molar-refractivity contribution in [1.29, 1.82) is 0 Å². The van der Waals surface area contributed by atoms with Crippen LogP contribution >= 0.6 is 0 Å². The molecule has 0 N–H and O–H groups in total. The zero-order valence-electron chi connectivity index (χ0n) is 17.6. The average molecular weight is 397 g/mol. The third kappa shape index (κ3) is 4.34. The summed E-state index contributed by atoms with van der Waals surface area (Å²) in [5.74, 6) is 1.64. The van der Waals surface area contributed by atoms with Crippen LogP contribution in [-0.4, -0.2) is 46.8 Å². The summed E-state index contributed by atoms with van der Waals surface area (Å²) in [6.45, 7) is 2.86. The molecule has 4 rings (SSSR count). The summed E-state index contributed by atoms with van der Waals surface area (Å²) in [6, 6.07) is 8.30. The van der Waals surface area contributed by atoms with Crippen molar-refractivity contribution in [1.82, 2.24) is 9.80 Å². The third-order valence-corrected chi connectivity index (χ3v) is 6.94. The highest BCUT2D eigenvalue weighted by Gasteiger charge is 2.43. The van der Waals surface area contributed by atoms with Gasteiger partial charge < -0.3 is 14.5 Å². The van der Waals surface area contributed by atoms with Crippen molar-refractivity contribution in [2.45, 2.75) is 70.1 Å². The first-order valence-electron chi connectivity index (χ1n) is 10.9. The second-order valence-electron chi connectivity index (χ2n) is 8.97. The van der Waals surface area contributed by atoms with Crippen molar-refractivity contribution >= 4 is 11.8 Å². The van der Waals surface area contributed by atoms with E-state index in [-0.39, 0.29) is 23.5 Å². The summed E-state index contributed by atoms with van der Waals surface area (Å²) in [5.41, 5.74) is 0.714. The molecule has 3 aliphatic rings. The van der Waals surface area contributed by atoms with E-state index in [1.54, 1.807) is 6.92 Å². The van der Waals surface area contributed by atoms with Crippen LogP contribution in [-0.2, 0) is 16.1 Å². The predicted octanol–water partition coefficient (Wildman–Crippen LogP) is 3.92. The fraction of sp³-hybridized carbons (Fsp3) is 0.583. The molecule has 156 valence electrons. The molecule has 0 radical (unpaired) electrons. The van der Waals surface area contributed by atoms with Gasteiger partial charge in [0.1, 0.15) is 11.4 Å². The molecule has 2 aliphatic carbocycles. The lowest BCUT2D eigenvalue weighted by molar-refractivity contribution is -0.135. The van der Waals surface area contributed by atoms with Crippen LogP contribution in [0.5, 0.6) is 5.75 Å². The normalized spacial score (nSPS) is 28.6. The van der Waals surface area contributed by atoms with Crippen molar-refractivity contribution in [3.05, 3.63) is 42.0 Å². The Morgan fingerprint density at radius 3 is 2.66 bits per heavy atom. The third-order valence-electron chi connectivity index (χ3n) is 6.94. The molecule has 1 aliphatic heterocycles. The molecule has 1 aromatic rings. The van der Waals surface area contributed by atoms with Gasteiger partial charge in [-0.05, 0) is 50.5 Å².